The summed E-state index contributed by atoms with van der Waals surface area (Å²) >= 11 is 0. The van der Waals surface area contributed by atoms with Gasteiger partial charge in [-0.15, -0.1) is 0 Å². The Bertz CT molecular complexity index is 352. The SMILES string of the molecule is O=C(N[C@@H](CO)C(=O)O)c1ccncc1. The molecule has 0 saturated carbocycles. The van der Waals surface area contributed by atoms with E-state index < -0.39 is 24.5 Å². The van der Waals surface area contributed by atoms with Gasteiger partial charge < -0.3 is 15.5 Å². The summed E-state index contributed by atoms with van der Waals surface area (Å²) in [6.07, 6.45) is 2.84. The van der Waals surface area contributed by atoms with E-state index in [2.05, 4.69) is 10.3 Å². The number of carboxylic acid groups (broad SMARTS) is 1. The number of aliphatic hydroxyl groups is 1. The Morgan fingerprint density at radius 1 is 1.40 bits per heavy atom. The molecule has 0 aliphatic rings. The van der Waals surface area contributed by atoms with Crippen molar-refractivity contribution in [2.24, 2.45) is 0 Å². The fraction of sp³-hybridized carbons (Fsp3) is 0.222. The van der Waals surface area contributed by atoms with Crippen LogP contribution in [0.5, 0.6) is 0 Å². The van der Waals surface area contributed by atoms with Gasteiger partial charge in [-0.3, -0.25) is 9.78 Å². The Labute approximate surface area is 85.6 Å². The van der Waals surface area contributed by atoms with Gasteiger partial charge >= 0.3 is 5.97 Å². The number of nitrogens with one attached hydrogen (secondary N) is 1. The third-order valence-electron chi connectivity index (χ3n) is 1.73. The lowest BCUT2D eigenvalue weighted by molar-refractivity contribution is -0.140. The number of aliphatic carboxylic acids is 1. The quantitative estimate of drug-likeness (QED) is 0.607. The normalized spacial score (nSPS) is 11.8. The lowest BCUT2D eigenvalue weighted by atomic mass is 10.2. The van der Waals surface area contributed by atoms with Gasteiger partial charge in [0.05, 0.1) is 6.61 Å². The highest BCUT2D eigenvalue weighted by molar-refractivity contribution is 5.96. The number of carbonyl (C=O) groups excluding carboxylic acids is 1. The molecule has 15 heavy (non-hydrogen) atoms. The van der Waals surface area contributed by atoms with Crippen LogP contribution in [0.3, 0.4) is 0 Å². The van der Waals surface area contributed by atoms with Gasteiger partial charge in [0.25, 0.3) is 5.91 Å². The number of nitrogens with zero attached hydrogens (tertiary/aromatic N) is 1. The molecule has 6 nitrogen and oxygen atoms in total. The summed E-state index contributed by atoms with van der Waals surface area (Å²) in [5.41, 5.74) is 0.296. The topological polar surface area (TPSA) is 99.5 Å². The highest BCUT2D eigenvalue weighted by atomic mass is 16.4. The highest BCUT2D eigenvalue weighted by Gasteiger charge is 2.19. The van der Waals surface area contributed by atoms with Crippen LogP contribution in [-0.2, 0) is 4.79 Å². The molecule has 0 aromatic carbocycles. The Hall–Kier alpha value is -1.95. The van der Waals surface area contributed by atoms with Crippen LogP contribution in [-0.4, -0.2) is 39.7 Å². The summed E-state index contributed by atoms with van der Waals surface area (Å²) in [5.74, 6) is -1.83. The summed E-state index contributed by atoms with van der Waals surface area (Å²) in [5, 5.41) is 19.4. The minimum Gasteiger partial charge on any atom is -0.480 e. The second-order valence-corrected chi connectivity index (χ2v) is 2.78. The fourth-order valence-electron chi connectivity index (χ4n) is 0.930. The molecular formula is C9H10N2O4. The smallest absolute Gasteiger partial charge is 0.328 e. The molecule has 1 heterocycles. The molecule has 1 atom stereocenters. The summed E-state index contributed by atoms with van der Waals surface area (Å²) in [7, 11) is 0. The molecule has 1 aromatic heterocycles. The lowest BCUT2D eigenvalue weighted by Crippen LogP contribution is -2.43. The number of amides is 1. The second-order valence-electron chi connectivity index (χ2n) is 2.78. The van der Waals surface area contributed by atoms with Gasteiger partial charge in [0, 0.05) is 18.0 Å². The number of aromatic nitrogens is 1. The van der Waals surface area contributed by atoms with Crippen LogP contribution in [0, 0.1) is 0 Å². The maximum absolute atomic E-state index is 11.4. The lowest BCUT2D eigenvalue weighted by Gasteiger charge is -2.11. The third-order valence-corrected chi connectivity index (χ3v) is 1.73. The summed E-state index contributed by atoms with van der Waals surface area (Å²) < 4.78 is 0. The summed E-state index contributed by atoms with van der Waals surface area (Å²) in [4.78, 5) is 25.6. The predicted octanol–water partition coefficient (Wildman–Crippen LogP) is -0.743. The molecule has 3 N–H and O–H groups in total. The first kappa shape index (κ1) is 11.1. The first-order chi connectivity index (χ1) is 7.15. The standard InChI is InChI=1S/C9H10N2O4/c12-5-7(9(14)15)11-8(13)6-1-3-10-4-2-6/h1-4,7,12H,5H2,(H,11,13)(H,14,15)/t7-/m0/s1. The summed E-state index contributed by atoms with van der Waals surface area (Å²) in [6, 6.07) is 1.61. The van der Waals surface area contributed by atoms with E-state index in [9.17, 15) is 9.59 Å². The predicted molar refractivity (Wildman–Crippen MR) is 50.2 cm³/mol. The number of carbonyl (C=O) groups is 2. The molecule has 0 unspecified atom stereocenters. The second kappa shape index (κ2) is 5.06. The molecule has 0 fully saturated rings. The van der Waals surface area contributed by atoms with Gasteiger partial charge in [-0.2, -0.15) is 0 Å². The number of hydrogen-bond acceptors (Lipinski definition) is 4. The number of hydrogen-bond donors (Lipinski definition) is 3. The monoisotopic (exact) mass is 210 g/mol. The minimum atomic E-state index is -1.29. The maximum atomic E-state index is 11.4. The zero-order valence-electron chi connectivity index (χ0n) is 7.75. The summed E-state index contributed by atoms with van der Waals surface area (Å²) in [6.45, 7) is -0.647. The van der Waals surface area contributed by atoms with Crippen molar-refractivity contribution in [3.63, 3.8) is 0 Å². The van der Waals surface area contributed by atoms with Crippen molar-refractivity contribution in [3.8, 4) is 0 Å². The molecule has 0 aliphatic carbocycles. The molecule has 0 aliphatic heterocycles. The largest absolute Gasteiger partial charge is 0.480 e. The average Bonchev–Trinajstić information content (AvgIpc) is 2.26. The van der Waals surface area contributed by atoms with E-state index in [0.29, 0.717) is 5.56 Å². The van der Waals surface area contributed by atoms with Crippen LogP contribution in [0.25, 0.3) is 0 Å². The zero-order chi connectivity index (χ0) is 11.3. The van der Waals surface area contributed by atoms with E-state index in [1.54, 1.807) is 0 Å². The molecule has 1 rings (SSSR count). The third kappa shape index (κ3) is 3.03. The number of aliphatic hydroxyl groups excluding tert-OH is 1. The molecule has 6 heteroatoms. The minimum absolute atomic E-state index is 0.296. The molecule has 0 radical (unpaired) electrons. The van der Waals surface area contributed by atoms with Crippen molar-refractivity contribution >= 4 is 11.9 Å². The van der Waals surface area contributed by atoms with Crippen molar-refractivity contribution in [1.82, 2.24) is 10.3 Å². The van der Waals surface area contributed by atoms with Gasteiger partial charge in [0.1, 0.15) is 0 Å². The van der Waals surface area contributed by atoms with Crippen LogP contribution >= 0.6 is 0 Å². The van der Waals surface area contributed by atoms with Crippen LogP contribution < -0.4 is 5.32 Å². The van der Waals surface area contributed by atoms with Crippen molar-refractivity contribution < 1.29 is 19.8 Å². The number of carboxylic acids is 1. The molecule has 0 spiro atoms. The average molecular weight is 210 g/mol. The van der Waals surface area contributed by atoms with Crippen LogP contribution in [0.4, 0.5) is 0 Å². The van der Waals surface area contributed by atoms with E-state index in [1.807, 2.05) is 0 Å². The van der Waals surface area contributed by atoms with E-state index in [0.717, 1.165) is 0 Å². The molecule has 1 amide bonds. The van der Waals surface area contributed by atoms with Gasteiger partial charge in [-0.05, 0) is 12.1 Å². The zero-order valence-corrected chi connectivity index (χ0v) is 7.75. The van der Waals surface area contributed by atoms with Crippen molar-refractivity contribution in [3.05, 3.63) is 30.1 Å². The van der Waals surface area contributed by atoms with E-state index in [4.69, 9.17) is 10.2 Å². The van der Waals surface area contributed by atoms with Crippen molar-refractivity contribution in [2.45, 2.75) is 6.04 Å². The molecule has 80 valence electrons. The van der Waals surface area contributed by atoms with Gasteiger partial charge in [0.2, 0.25) is 0 Å². The van der Waals surface area contributed by atoms with Crippen LogP contribution in [0.1, 0.15) is 10.4 Å². The molecular weight excluding hydrogens is 200 g/mol. The molecule has 0 saturated heterocycles. The maximum Gasteiger partial charge on any atom is 0.328 e. The van der Waals surface area contributed by atoms with Gasteiger partial charge in [-0.25, -0.2) is 4.79 Å². The Morgan fingerprint density at radius 2 is 2.00 bits per heavy atom. The van der Waals surface area contributed by atoms with Crippen LogP contribution in [0.2, 0.25) is 0 Å². The fourth-order valence-corrected chi connectivity index (χ4v) is 0.930. The Morgan fingerprint density at radius 3 is 2.47 bits per heavy atom. The Kier molecular flexibility index (Phi) is 3.75. The molecule has 1 aromatic rings. The highest BCUT2D eigenvalue weighted by Crippen LogP contribution is 1.96. The first-order valence-corrected chi connectivity index (χ1v) is 4.19. The van der Waals surface area contributed by atoms with Crippen LogP contribution in [0.15, 0.2) is 24.5 Å². The number of rotatable bonds is 4. The van der Waals surface area contributed by atoms with Crippen molar-refractivity contribution in [1.29, 1.82) is 0 Å². The Balaban J connectivity index is 2.67. The van der Waals surface area contributed by atoms with Gasteiger partial charge in [-0.1, -0.05) is 0 Å². The number of pyridine rings is 1. The first-order valence-electron chi connectivity index (χ1n) is 4.19. The van der Waals surface area contributed by atoms with Gasteiger partial charge in [0.15, 0.2) is 6.04 Å². The van der Waals surface area contributed by atoms with E-state index in [1.165, 1.54) is 24.5 Å². The van der Waals surface area contributed by atoms with E-state index >= 15 is 0 Å². The molecule has 0 bridgehead atoms. The van der Waals surface area contributed by atoms with E-state index in [-0.39, 0.29) is 0 Å². The van der Waals surface area contributed by atoms with Crippen molar-refractivity contribution in [2.75, 3.05) is 6.61 Å².